The number of nitrogens with two attached hydrogens (primary N) is 1. The van der Waals surface area contributed by atoms with Crippen LogP contribution in [0.5, 0.6) is 0 Å². The number of hydrogen-bond acceptors (Lipinski definition) is 2. The fourth-order valence-electron chi connectivity index (χ4n) is 3.38. The third-order valence-electron chi connectivity index (χ3n) is 4.40. The van der Waals surface area contributed by atoms with Gasteiger partial charge < -0.3 is 0 Å². The summed E-state index contributed by atoms with van der Waals surface area (Å²) in [6.07, 6.45) is 8.11. The molecule has 1 aromatic carbocycles. The maximum atomic E-state index is 5.78. The number of hydrogen-bond donors (Lipinski definition) is 2. The second-order valence-electron chi connectivity index (χ2n) is 5.62. The Morgan fingerprint density at radius 1 is 1.17 bits per heavy atom. The van der Waals surface area contributed by atoms with Gasteiger partial charge in [-0.15, -0.1) is 0 Å². The van der Waals surface area contributed by atoms with Crippen molar-refractivity contribution >= 4 is 0 Å². The molecule has 1 aromatic rings. The summed E-state index contributed by atoms with van der Waals surface area (Å²) >= 11 is 0. The molecule has 0 bridgehead atoms. The molecule has 1 unspecified atom stereocenters. The summed E-state index contributed by atoms with van der Waals surface area (Å²) in [6, 6.07) is 11.0. The van der Waals surface area contributed by atoms with E-state index in [0.29, 0.717) is 12.0 Å². The number of nitrogens with one attached hydrogen (secondary N) is 1. The Morgan fingerprint density at radius 2 is 1.83 bits per heavy atom. The Bertz CT molecular complexity index is 328. The van der Waals surface area contributed by atoms with Gasteiger partial charge in [0, 0.05) is 6.04 Å². The largest absolute Gasteiger partial charge is 0.271 e. The van der Waals surface area contributed by atoms with Crippen molar-refractivity contribution in [2.75, 3.05) is 0 Å². The first kappa shape index (κ1) is 13.6. The molecule has 0 amide bonds. The maximum absolute atomic E-state index is 5.78. The van der Waals surface area contributed by atoms with Crippen molar-refractivity contribution in [2.24, 2.45) is 17.7 Å². The summed E-state index contributed by atoms with van der Waals surface area (Å²) in [5, 5.41) is 0. The molecule has 0 spiro atoms. The normalized spacial score (nSPS) is 25.9. The third kappa shape index (κ3) is 3.33. The zero-order chi connectivity index (χ0) is 12.8. The number of benzene rings is 1. The van der Waals surface area contributed by atoms with Crippen LogP contribution in [0.25, 0.3) is 0 Å². The van der Waals surface area contributed by atoms with Crippen molar-refractivity contribution in [1.82, 2.24) is 5.43 Å². The smallest absolute Gasteiger partial charge is 0.0488 e. The van der Waals surface area contributed by atoms with Gasteiger partial charge in [0.2, 0.25) is 0 Å². The van der Waals surface area contributed by atoms with Crippen molar-refractivity contribution in [3.63, 3.8) is 0 Å². The van der Waals surface area contributed by atoms with Gasteiger partial charge >= 0.3 is 0 Å². The van der Waals surface area contributed by atoms with Crippen molar-refractivity contribution in [2.45, 2.75) is 51.5 Å². The first-order valence-corrected chi connectivity index (χ1v) is 7.36. The van der Waals surface area contributed by atoms with Gasteiger partial charge in [0.15, 0.2) is 0 Å². The lowest BCUT2D eigenvalue weighted by Crippen LogP contribution is -2.35. The van der Waals surface area contributed by atoms with Crippen LogP contribution in [0, 0.1) is 11.8 Å². The highest BCUT2D eigenvalue weighted by atomic mass is 15.2. The topological polar surface area (TPSA) is 38.0 Å². The molecule has 2 heteroatoms. The summed E-state index contributed by atoms with van der Waals surface area (Å²) in [6.45, 7) is 2.29. The molecule has 0 radical (unpaired) electrons. The highest BCUT2D eigenvalue weighted by Crippen LogP contribution is 2.37. The Balaban J connectivity index is 1.95. The van der Waals surface area contributed by atoms with Crippen molar-refractivity contribution in [1.29, 1.82) is 0 Å². The van der Waals surface area contributed by atoms with E-state index in [4.69, 9.17) is 5.84 Å². The second kappa shape index (κ2) is 6.91. The molecule has 1 aliphatic carbocycles. The standard InChI is InChI=1S/C16H26N2/c1-2-6-13-9-11-15(12-10-13)16(18-17)14-7-4-3-5-8-14/h3-5,7-8,13,15-16,18H,2,6,9-12,17H2,1H3. The highest BCUT2D eigenvalue weighted by molar-refractivity contribution is 5.19. The molecule has 2 nitrogen and oxygen atoms in total. The highest BCUT2D eigenvalue weighted by Gasteiger charge is 2.27. The van der Waals surface area contributed by atoms with Crippen LogP contribution in [0.3, 0.4) is 0 Å². The van der Waals surface area contributed by atoms with Crippen LogP contribution in [0.1, 0.15) is 57.1 Å². The van der Waals surface area contributed by atoms with E-state index < -0.39 is 0 Å². The van der Waals surface area contributed by atoms with Gasteiger partial charge in [0.05, 0.1) is 0 Å². The maximum Gasteiger partial charge on any atom is 0.0488 e. The molecule has 100 valence electrons. The fraction of sp³-hybridized carbons (Fsp3) is 0.625. The Kier molecular flexibility index (Phi) is 5.21. The molecule has 0 aromatic heterocycles. The van der Waals surface area contributed by atoms with Crippen LogP contribution >= 0.6 is 0 Å². The quantitative estimate of drug-likeness (QED) is 0.612. The minimum atomic E-state index is 0.328. The zero-order valence-electron chi connectivity index (χ0n) is 11.4. The summed E-state index contributed by atoms with van der Waals surface area (Å²) in [5.74, 6) is 7.44. The summed E-state index contributed by atoms with van der Waals surface area (Å²) in [4.78, 5) is 0. The molecule has 3 N–H and O–H groups in total. The lowest BCUT2D eigenvalue weighted by atomic mass is 9.75. The van der Waals surface area contributed by atoms with Crippen molar-refractivity contribution in [3.8, 4) is 0 Å². The molecule has 0 aliphatic heterocycles. The van der Waals surface area contributed by atoms with Gasteiger partial charge in [-0.1, -0.05) is 62.9 Å². The van der Waals surface area contributed by atoms with Crippen LogP contribution < -0.4 is 11.3 Å². The third-order valence-corrected chi connectivity index (χ3v) is 4.40. The van der Waals surface area contributed by atoms with E-state index in [1.165, 1.54) is 44.1 Å². The van der Waals surface area contributed by atoms with Gasteiger partial charge in [0.1, 0.15) is 0 Å². The predicted molar refractivity (Wildman–Crippen MR) is 76.9 cm³/mol. The Hall–Kier alpha value is -0.860. The van der Waals surface area contributed by atoms with Gasteiger partial charge in [0.25, 0.3) is 0 Å². The SMILES string of the molecule is CCCC1CCC(C(NN)c2ccccc2)CC1. The van der Waals surface area contributed by atoms with Gasteiger partial charge in [-0.3, -0.25) is 11.3 Å². The van der Waals surface area contributed by atoms with Crippen LogP contribution in [0.15, 0.2) is 30.3 Å². The van der Waals surface area contributed by atoms with E-state index in [1.54, 1.807) is 0 Å². The Labute approximate surface area is 111 Å². The summed E-state index contributed by atoms with van der Waals surface area (Å²) in [7, 11) is 0. The van der Waals surface area contributed by atoms with E-state index in [0.717, 1.165) is 5.92 Å². The lowest BCUT2D eigenvalue weighted by Gasteiger charge is -2.33. The van der Waals surface area contributed by atoms with E-state index in [1.807, 2.05) is 0 Å². The van der Waals surface area contributed by atoms with Crippen LogP contribution in [0.2, 0.25) is 0 Å². The molecule has 1 saturated carbocycles. The molecule has 2 rings (SSSR count). The lowest BCUT2D eigenvalue weighted by molar-refractivity contribution is 0.215. The number of rotatable bonds is 5. The van der Waals surface area contributed by atoms with Gasteiger partial charge in [-0.25, -0.2) is 0 Å². The summed E-state index contributed by atoms with van der Waals surface area (Å²) < 4.78 is 0. The second-order valence-corrected chi connectivity index (χ2v) is 5.62. The van der Waals surface area contributed by atoms with E-state index >= 15 is 0 Å². The molecule has 1 aliphatic rings. The van der Waals surface area contributed by atoms with Gasteiger partial charge in [-0.2, -0.15) is 0 Å². The van der Waals surface area contributed by atoms with Crippen LogP contribution in [-0.4, -0.2) is 0 Å². The fourth-order valence-corrected chi connectivity index (χ4v) is 3.38. The monoisotopic (exact) mass is 246 g/mol. The Morgan fingerprint density at radius 3 is 2.39 bits per heavy atom. The average Bonchev–Trinajstić information content (AvgIpc) is 2.43. The van der Waals surface area contributed by atoms with Crippen molar-refractivity contribution in [3.05, 3.63) is 35.9 Å². The minimum absolute atomic E-state index is 0.328. The predicted octanol–water partition coefficient (Wildman–Crippen LogP) is 3.80. The molecular formula is C16H26N2. The average molecular weight is 246 g/mol. The van der Waals surface area contributed by atoms with Crippen LogP contribution in [0.4, 0.5) is 0 Å². The van der Waals surface area contributed by atoms with Gasteiger partial charge in [-0.05, 0) is 30.2 Å². The number of hydrazine groups is 1. The first-order valence-electron chi connectivity index (χ1n) is 7.36. The molecular weight excluding hydrogens is 220 g/mol. The molecule has 0 heterocycles. The van der Waals surface area contributed by atoms with E-state index in [9.17, 15) is 0 Å². The van der Waals surface area contributed by atoms with E-state index in [-0.39, 0.29) is 0 Å². The van der Waals surface area contributed by atoms with Crippen molar-refractivity contribution < 1.29 is 0 Å². The van der Waals surface area contributed by atoms with Crippen LogP contribution in [-0.2, 0) is 0 Å². The molecule has 18 heavy (non-hydrogen) atoms. The molecule has 0 saturated heterocycles. The van der Waals surface area contributed by atoms with E-state index in [2.05, 4.69) is 42.7 Å². The zero-order valence-corrected chi connectivity index (χ0v) is 11.4. The summed E-state index contributed by atoms with van der Waals surface area (Å²) in [5.41, 5.74) is 4.37. The minimum Gasteiger partial charge on any atom is -0.271 e. The molecule has 1 fully saturated rings. The first-order chi connectivity index (χ1) is 8.85. The molecule has 1 atom stereocenters.